The minimum atomic E-state index is -1.07. The predicted octanol–water partition coefficient (Wildman–Crippen LogP) is 2.36. The SMILES string of the molecule is CCCSc1nn(-c2cc(C)ccn2)c(N)c1C(=O)O. The van der Waals surface area contributed by atoms with Gasteiger partial charge in [-0.1, -0.05) is 6.92 Å². The van der Waals surface area contributed by atoms with E-state index in [0.29, 0.717) is 10.8 Å². The molecule has 6 nitrogen and oxygen atoms in total. The summed E-state index contributed by atoms with van der Waals surface area (Å²) in [7, 11) is 0. The van der Waals surface area contributed by atoms with E-state index in [2.05, 4.69) is 10.1 Å². The van der Waals surface area contributed by atoms with Crippen LogP contribution in [0.1, 0.15) is 29.3 Å². The first-order valence-electron chi connectivity index (χ1n) is 6.22. The van der Waals surface area contributed by atoms with Gasteiger partial charge in [-0.05, 0) is 36.8 Å². The van der Waals surface area contributed by atoms with Gasteiger partial charge in [0.15, 0.2) is 5.82 Å². The molecule has 0 atom stereocenters. The average molecular weight is 292 g/mol. The van der Waals surface area contributed by atoms with Crippen molar-refractivity contribution in [3.8, 4) is 5.82 Å². The first-order chi connectivity index (χ1) is 9.54. The van der Waals surface area contributed by atoms with E-state index < -0.39 is 5.97 Å². The average Bonchev–Trinajstić information content (AvgIpc) is 2.73. The summed E-state index contributed by atoms with van der Waals surface area (Å²) in [5, 5.41) is 14.0. The highest BCUT2D eigenvalue weighted by atomic mass is 32.2. The third kappa shape index (κ3) is 2.77. The third-order valence-electron chi connectivity index (χ3n) is 2.66. The molecule has 2 rings (SSSR count). The lowest BCUT2D eigenvalue weighted by molar-refractivity contribution is 0.0694. The number of nitrogens with two attached hydrogens (primary N) is 1. The van der Waals surface area contributed by atoms with Crippen molar-refractivity contribution in [3.63, 3.8) is 0 Å². The second-order valence-corrected chi connectivity index (χ2v) is 5.41. The topological polar surface area (TPSA) is 94.0 Å². The smallest absolute Gasteiger partial charge is 0.342 e. The van der Waals surface area contributed by atoms with Crippen LogP contribution in [-0.4, -0.2) is 31.6 Å². The van der Waals surface area contributed by atoms with Crippen molar-refractivity contribution in [3.05, 3.63) is 29.5 Å². The summed E-state index contributed by atoms with van der Waals surface area (Å²) in [6.45, 7) is 3.95. The van der Waals surface area contributed by atoms with Crippen LogP contribution in [0.5, 0.6) is 0 Å². The number of rotatable bonds is 5. The van der Waals surface area contributed by atoms with Gasteiger partial charge in [-0.2, -0.15) is 9.78 Å². The van der Waals surface area contributed by atoms with Crippen molar-refractivity contribution < 1.29 is 9.90 Å². The molecular weight excluding hydrogens is 276 g/mol. The van der Waals surface area contributed by atoms with Crippen LogP contribution in [-0.2, 0) is 0 Å². The highest BCUT2D eigenvalue weighted by molar-refractivity contribution is 7.99. The molecule has 0 unspecified atom stereocenters. The third-order valence-corrected chi connectivity index (χ3v) is 3.84. The molecule has 0 aliphatic heterocycles. The molecule has 2 aromatic rings. The number of hydrogen-bond donors (Lipinski definition) is 2. The predicted molar refractivity (Wildman–Crippen MR) is 78.5 cm³/mol. The second-order valence-electron chi connectivity index (χ2n) is 4.32. The molecule has 0 radical (unpaired) electrons. The first kappa shape index (κ1) is 14.4. The molecule has 0 aliphatic carbocycles. The van der Waals surface area contributed by atoms with E-state index in [1.165, 1.54) is 16.4 Å². The zero-order chi connectivity index (χ0) is 14.7. The van der Waals surface area contributed by atoms with E-state index in [1.54, 1.807) is 6.20 Å². The molecule has 7 heteroatoms. The molecule has 0 aromatic carbocycles. The zero-order valence-electron chi connectivity index (χ0n) is 11.3. The molecule has 0 bridgehead atoms. The Morgan fingerprint density at radius 2 is 2.30 bits per heavy atom. The Hall–Kier alpha value is -2.02. The minimum absolute atomic E-state index is 0.0479. The van der Waals surface area contributed by atoms with E-state index >= 15 is 0 Å². The highest BCUT2D eigenvalue weighted by Crippen LogP contribution is 2.28. The summed E-state index contributed by atoms with van der Waals surface area (Å²) in [5.74, 6) is 0.348. The number of pyridine rings is 1. The van der Waals surface area contributed by atoms with Gasteiger partial charge in [0.05, 0.1) is 0 Å². The summed E-state index contributed by atoms with van der Waals surface area (Å²) in [6, 6.07) is 3.66. The van der Waals surface area contributed by atoms with Crippen LogP contribution < -0.4 is 5.73 Å². The van der Waals surface area contributed by atoms with Gasteiger partial charge < -0.3 is 10.8 Å². The largest absolute Gasteiger partial charge is 0.477 e. The number of carboxylic acid groups (broad SMARTS) is 1. The van der Waals surface area contributed by atoms with E-state index in [-0.39, 0.29) is 11.4 Å². The fourth-order valence-corrected chi connectivity index (χ4v) is 2.59. The van der Waals surface area contributed by atoms with E-state index in [1.807, 2.05) is 26.0 Å². The summed E-state index contributed by atoms with van der Waals surface area (Å²) >= 11 is 1.39. The van der Waals surface area contributed by atoms with Crippen molar-refractivity contribution in [2.24, 2.45) is 0 Å². The number of nitrogen functional groups attached to an aromatic ring is 1. The molecule has 0 saturated heterocycles. The molecule has 2 aromatic heterocycles. The number of aromatic nitrogens is 3. The van der Waals surface area contributed by atoms with Crippen molar-refractivity contribution in [1.29, 1.82) is 0 Å². The number of anilines is 1. The second kappa shape index (κ2) is 5.96. The molecular formula is C13H16N4O2S. The molecule has 2 heterocycles. The number of carboxylic acids is 1. The molecule has 0 aliphatic rings. The van der Waals surface area contributed by atoms with E-state index in [4.69, 9.17) is 5.73 Å². The molecule has 20 heavy (non-hydrogen) atoms. The lowest BCUT2D eigenvalue weighted by atomic mass is 10.3. The van der Waals surface area contributed by atoms with Crippen LogP contribution in [0.3, 0.4) is 0 Å². The van der Waals surface area contributed by atoms with Crippen LogP contribution in [0, 0.1) is 6.92 Å². The fraction of sp³-hybridized carbons (Fsp3) is 0.308. The van der Waals surface area contributed by atoms with Crippen molar-refractivity contribution in [1.82, 2.24) is 14.8 Å². The van der Waals surface area contributed by atoms with E-state index in [9.17, 15) is 9.90 Å². The Bertz CT molecular complexity index is 639. The molecule has 0 fully saturated rings. The van der Waals surface area contributed by atoms with Gasteiger partial charge in [0.25, 0.3) is 0 Å². The van der Waals surface area contributed by atoms with Crippen molar-refractivity contribution >= 4 is 23.5 Å². The maximum absolute atomic E-state index is 11.4. The molecule has 0 spiro atoms. The van der Waals surface area contributed by atoms with Gasteiger partial charge in [-0.25, -0.2) is 9.78 Å². The van der Waals surface area contributed by atoms with Crippen LogP contribution in [0.2, 0.25) is 0 Å². The Morgan fingerprint density at radius 3 is 2.90 bits per heavy atom. The number of carbonyl (C=O) groups is 1. The van der Waals surface area contributed by atoms with Gasteiger partial charge >= 0.3 is 5.97 Å². The monoisotopic (exact) mass is 292 g/mol. The quantitative estimate of drug-likeness (QED) is 0.822. The van der Waals surface area contributed by atoms with Gasteiger partial charge in [0, 0.05) is 6.20 Å². The minimum Gasteiger partial charge on any atom is -0.477 e. The normalized spacial score (nSPS) is 10.7. The number of hydrogen-bond acceptors (Lipinski definition) is 5. The lowest BCUT2D eigenvalue weighted by Crippen LogP contribution is -2.07. The maximum Gasteiger partial charge on any atom is 0.342 e. The Labute approximate surface area is 121 Å². The van der Waals surface area contributed by atoms with Gasteiger partial charge in [-0.15, -0.1) is 11.8 Å². The Balaban J connectivity index is 2.52. The Morgan fingerprint density at radius 1 is 1.55 bits per heavy atom. The van der Waals surface area contributed by atoms with Gasteiger partial charge in [0.2, 0.25) is 0 Å². The molecule has 106 valence electrons. The number of nitrogens with zero attached hydrogens (tertiary/aromatic N) is 3. The fourth-order valence-electron chi connectivity index (χ4n) is 1.72. The number of aryl methyl sites for hydroxylation is 1. The van der Waals surface area contributed by atoms with Gasteiger partial charge in [0.1, 0.15) is 16.4 Å². The summed E-state index contributed by atoms with van der Waals surface area (Å²) in [4.78, 5) is 15.5. The van der Waals surface area contributed by atoms with Crippen LogP contribution in [0.15, 0.2) is 23.4 Å². The molecule has 0 saturated carbocycles. The maximum atomic E-state index is 11.4. The number of aromatic carboxylic acids is 1. The van der Waals surface area contributed by atoms with Crippen molar-refractivity contribution in [2.75, 3.05) is 11.5 Å². The summed E-state index contributed by atoms with van der Waals surface area (Å²) in [5.41, 5.74) is 6.98. The van der Waals surface area contributed by atoms with Crippen LogP contribution in [0.25, 0.3) is 5.82 Å². The Kier molecular flexibility index (Phi) is 4.29. The first-order valence-corrected chi connectivity index (χ1v) is 7.20. The summed E-state index contributed by atoms with van der Waals surface area (Å²) < 4.78 is 1.38. The van der Waals surface area contributed by atoms with Crippen LogP contribution in [0.4, 0.5) is 5.82 Å². The lowest BCUT2D eigenvalue weighted by Gasteiger charge is -2.03. The van der Waals surface area contributed by atoms with Crippen LogP contribution >= 0.6 is 11.8 Å². The standard InChI is InChI=1S/C13H16N4O2S/c1-3-6-20-12-10(13(18)19)11(14)17(16-12)9-7-8(2)4-5-15-9/h4-5,7H,3,6,14H2,1-2H3,(H,18,19). The molecule has 3 N–H and O–H groups in total. The van der Waals surface area contributed by atoms with E-state index in [0.717, 1.165) is 17.7 Å². The number of thioether (sulfide) groups is 1. The zero-order valence-corrected chi connectivity index (χ0v) is 12.1. The van der Waals surface area contributed by atoms with Gasteiger partial charge in [-0.3, -0.25) is 0 Å². The molecule has 0 amide bonds. The van der Waals surface area contributed by atoms with Crippen molar-refractivity contribution in [2.45, 2.75) is 25.3 Å². The highest BCUT2D eigenvalue weighted by Gasteiger charge is 2.23. The summed E-state index contributed by atoms with van der Waals surface area (Å²) in [6.07, 6.45) is 2.57.